The van der Waals surface area contributed by atoms with Crippen molar-refractivity contribution in [3.8, 4) is 22.6 Å². The number of carbonyl (C=O) groups is 1. The number of thioether (sulfide) groups is 1. The number of furan rings is 1. The number of carbonyl (C=O) groups excluding carboxylic acids is 1. The van der Waals surface area contributed by atoms with Crippen LogP contribution in [0, 0.1) is 0 Å². The van der Waals surface area contributed by atoms with Gasteiger partial charge < -0.3 is 9.15 Å². The van der Waals surface area contributed by atoms with E-state index < -0.39 is 0 Å². The van der Waals surface area contributed by atoms with Crippen molar-refractivity contribution in [2.75, 3.05) is 7.11 Å². The molecule has 0 amide bonds. The van der Waals surface area contributed by atoms with Crippen LogP contribution in [0.1, 0.15) is 21.7 Å². The van der Waals surface area contributed by atoms with Crippen LogP contribution in [-0.2, 0) is 17.0 Å². The summed E-state index contributed by atoms with van der Waals surface area (Å²) in [6.45, 7) is 0.482. The van der Waals surface area contributed by atoms with Gasteiger partial charge in [0.15, 0.2) is 11.0 Å². The van der Waals surface area contributed by atoms with Crippen molar-refractivity contribution in [2.45, 2.75) is 17.5 Å². The van der Waals surface area contributed by atoms with Crippen LogP contribution in [0.5, 0.6) is 0 Å². The number of nitrogens with zero attached hydrogens (tertiary/aromatic N) is 4. The Hall–Kier alpha value is -4.69. The molecular formula is C31H24N4O3S. The zero-order chi connectivity index (χ0) is 26.6. The number of ether oxygens (including phenoxy) is 1. The second-order valence-electron chi connectivity index (χ2n) is 8.89. The Bertz CT molecular complexity index is 1730. The van der Waals surface area contributed by atoms with Gasteiger partial charge in [0.2, 0.25) is 0 Å². The smallest absolute Gasteiger partial charge is 0.337 e. The molecule has 0 unspecified atom stereocenters. The van der Waals surface area contributed by atoms with Crippen LogP contribution in [0.25, 0.3) is 33.5 Å². The van der Waals surface area contributed by atoms with E-state index in [9.17, 15) is 4.79 Å². The molecule has 192 valence electrons. The number of fused-ring (bicyclic) bond motifs is 1. The fourth-order valence-corrected chi connectivity index (χ4v) is 5.31. The van der Waals surface area contributed by atoms with E-state index in [1.54, 1.807) is 30.2 Å². The van der Waals surface area contributed by atoms with Gasteiger partial charge in [-0.25, -0.2) is 9.78 Å². The summed E-state index contributed by atoms with van der Waals surface area (Å²) in [5.41, 5.74) is 5.33. The van der Waals surface area contributed by atoms with Crippen LogP contribution in [0.15, 0.2) is 113 Å². The summed E-state index contributed by atoms with van der Waals surface area (Å²) < 4.78 is 12.6. The van der Waals surface area contributed by atoms with Crippen LogP contribution in [0.3, 0.4) is 0 Å². The molecule has 6 aromatic rings. The summed E-state index contributed by atoms with van der Waals surface area (Å²) in [6.07, 6.45) is 1.67. The quantitative estimate of drug-likeness (QED) is 0.156. The summed E-state index contributed by atoms with van der Waals surface area (Å²) in [7, 11) is 1.38. The molecule has 3 aromatic heterocycles. The number of hydrogen-bond donors (Lipinski definition) is 0. The molecule has 0 atom stereocenters. The van der Waals surface area contributed by atoms with Crippen LogP contribution >= 0.6 is 11.8 Å². The Morgan fingerprint density at radius 1 is 0.923 bits per heavy atom. The molecular weight excluding hydrogens is 508 g/mol. The van der Waals surface area contributed by atoms with Crippen molar-refractivity contribution in [1.82, 2.24) is 19.7 Å². The second-order valence-corrected chi connectivity index (χ2v) is 9.83. The molecule has 3 heterocycles. The summed E-state index contributed by atoms with van der Waals surface area (Å²) in [5.74, 6) is 1.86. The van der Waals surface area contributed by atoms with Gasteiger partial charge in [-0.1, -0.05) is 72.4 Å². The van der Waals surface area contributed by atoms with E-state index in [0.29, 0.717) is 17.9 Å². The first-order valence-corrected chi connectivity index (χ1v) is 13.4. The predicted octanol–water partition coefficient (Wildman–Crippen LogP) is 6.88. The van der Waals surface area contributed by atoms with E-state index in [1.807, 2.05) is 60.7 Å². The summed E-state index contributed by atoms with van der Waals surface area (Å²) >= 11 is 1.58. The van der Waals surface area contributed by atoms with Crippen LogP contribution in [0.2, 0.25) is 0 Å². The molecule has 39 heavy (non-hydrogen) atoms. The minimum atomic E-state index is -0.350. The molecule has 8 heteroatoms. The average Bonchev–Trinajstić information content (AvgIpc) is 3.66. The molecule has 0 spiro atoms. The van der Waals surface area contributed by atoms with Crippen molar-refractivity contribution >= 4 is 28.6 Å². The van der Waals surface area contributed by atoms with E-state index in [-0.39, 0.29) is 5.97 Å². The molecule has 0 saturated heterocycles. The number of pyridine rings is 1. The number of esters is 1. The Morgan fingerprint density at radius 2 is 1.72 bits per heavy atom. The highest BCUT2D eigenvalue weighted by molar-refractivity contribution is 7.98. The highest BCUT2D eigenvalue weighted by atomic mass is 32.2. The number of hydrogen-bond acceptors (Lipinski definition) is 7. The summed E-state index contributed by atoms with van der Waals surface area (Å²) in [4.78, 5) is 16.7. The molecule has 0 fully saturated rings. The molecule has 0 aliphatic rings. The largest absolute Gasteiger partial charge is 0.467 e. The fraction of sp³-hybridized carbons (Fsp3) is 0.0968. The molecule has 3 aromatic carbocycles. The number of methoxy groups -OCH3 is 1. The van der Waals surface area contributed by atoms with E-state index in [4.69, 9.17) is 14.1 Å². The first-order valence-electron chi connectivity index (χ1n) is 12.4. The third-order valence-corrected chi connectivity index (χ3v) is 7.42. The van der Waals surface area contributed by atoms with E-state index in [1.165, 1.54) is 7.11 Å². The first-order chi connectivity index (χ1) is 19.2. The number of benzene rings is 3. The molecule has 6 rings (SSSR count). The maximum absolute atomic E-state index is 11.8. The highest BCUT2D eigenvalue weighted by Gasteiger charge is 2.20. The van der Waals surface area contributed by atoms with Gasteiger partial charge in [-0.05, 0) is 42.0 Å². The lowest BCUT2D eigenvalue weighted by atomic mass is 10.0. The van der Waals surface area contributed by atoms with E-state index in [0.717, 1.165) is 50.0 Å². The molecule has 0 saturated carbocycles. The number of rotatable bonds is 8. The lowest BCUT2D eigenvalue weighted by Gasteiger charge is -2.12. The van der Waals surface area contributed by atoms with Gasteiger partial charge in [-0.15, -0.1) is 10.2 Å². The lowest BCUT2D eigenvalue weighted by Crippen LogP contribution is -2.04. The molecule has 0 aliphatic carbocycles. The molecule has 0 radical (unpaired) electrons. The van der Waals surface area contributed by atoms with Crippen molar-refractivity contribution < 1.29 is 13.9 Å². The monoisotopic (exact) mass is 532 g/mol. The van der Waals surface area contributed by atoms with Gasteiger partial charge in [0.05, 0.1) is 36.7 Å². The Labute approximate surface area is 229 Å². The highest BCUT2D eigenvalue weighted by Crippen LogP contribution is 2.34. The van der Waals surface area contributed by atoms with Gasteiger partial charge in [0.25, 0.3) is 0 Å². The molecule has 7 nitrogen and oxygen atoms in total. The molecule has 0 N–H and O–H groups in total. The Morgan fingerprint density at radius 3 is 2.49 bits per heavy atom. The summed E-state index contributed by atoms with van der Waals surface area (Å²) in [6, 6.07) is 31.5. The van der Waals surface area contributed by atoms with E-state index in [2.05, 4.69) is 39.0 Å². The van der Waals surface area contributed by atoms with Gasteiger partial charge in [-0.3, -0.25) is 4.57 Å². The predicted molar refractivity (Wildman–Crippen MR) is 151 cm³/mol. The van der Waals surface area contributed by atoms with Gasteiger partial charge >= 0.3 is 5.97 Å². The molecule has 0 bridgehead atoms. The van der Waals surface area contributed by atoms with Crippen LogP contribution in [0.4, 0.5) is 0 Å². The van der Waals surface area contributed by atoms with Crippen molar-refractivity contribution in [1.29, 1.82) is 0 Å². The van der Waals surface area contributed by atoms with Crippen LogP contribution in [-0.4, -0.2) is 32.8 Å². The minimum absolute atomic E-state index is 0.350. The fourth-order valence-electron chi connectivity index (χ4n) is 4.42. The van der Waals surface area contributed by atoms with Crippen molar-refractivity contribution in [3.05, 3.63) is 120 Å². The van der Waals surface area contributed by atoms with Crippen molar-refractivity contribution in [3.63, 3.8) is 0 Å². The second kappa shape index (κ2) is 11.0. The zero-order valence-corrected chi connectivity index (χ0v) is 22.0. The maximum Gasteiger partial charge on any atom is 0.337 e. The van der Waals surface area contributed by atoms with Gasteiger partial charge in [0.1, 0.15) is 5.76 Å². The van der Waals surface area contributed by atoms with Crippen LogP contribution < -0.4 is 0 Å². The zero-order valence-electron chi connectivity index (χ0n) is 21.2. The third kappa shape index (κ3) is 5.19. The maximum atomic E-state index is 11.8. The topological polar surface area (TPSA) is 83.0 Å². The van der Waals surface area contributed by atoms with E-state index >= 15 is 0 Å². The lowest BCUT2D eigenvalue weighted by molar-refractivity contribution is 0.0600. The Kier molecular flexibility index (Phi) is 6.93. The standard InChI is InChI=1S/C31H24N4O3S/c1-37-30(36)23-15-13-21(14-16-23)20-39-31-34-33-29(35(31)19-24-10-7-17-38-24)26-18-28(22-8-3-2-4-9-22)32-27-12-6-5-11-25(26)27/h2-18H,19-20H2,1H3. The number of aromatic nitrogens is 4. The number of para-hydroxylation sites is 1. The third-order valence-electron chi connectivity index (χ3n) is 6.38. The van der Waals surface area contributed by atoms with Crippen molar-refractivity contribution in [2.24, 2.45) is 0 Å². The molecule has 0 aliphatic heterocycles. The SMILES string of the molecule is COC(=O)c1ccc(CSc2nnc(-c3cc(-c4ccccc4)nc4ccccc34)n2Cc2ccco2)cc1. The average molecular weight is 533 g/mol. The normalized spacial score (nSPS) is 11.1. The first kappa shape index (κ1) is 24.6. The van der Waals surface area contributed by atoms with Gasteiger partial charge in [-0.2, -0.15) is 0 Å². The summed E-state index contributed by atoms with van der Waals surface area (Å²) in [5, 5.41) is 11.0. The van der Waals surface area contributed by atoms with Gasteiger partial charge in [0, 0.05) is 22.3 Å². The Balaban J connectivity index is 1.40. The minimum Gasteiger partial charge on any atom is -0.467 e.